The van der Waals surface area contributed by atoms with Crippen LogP contribution in [0.2, 0.25) is 0 Å². The van der Waals surface area contributed by atoms with Gasteiger partial charge in [0.15, 0.2) is 0 Å². The van der Waals surface area contributed by atoms with Crippen LogP contribution in [-0.2, 0) is 23.9 Å². The van der Waals surface area contributed by atoms with E-state index < -0.39 is 23.8 Å². The number of rotatable bonds is 5. The van der Waals surface area contributed by atoms with Gasteiger partial charge >= 0.3 is 12.1 Å². The van der Waals surface area contributed by atoms with Crippen molar-refractivity contribution in [1.29, 1.82) is 0 Å². The number of halogens is 3. The van der Waals surface area contributed by atoms with Gasteiger partial charge in [0.25, 0.3) is 0 Å². The highest BCUT2D eigenvalue weighted by Crippen LogP contribution is 2.35. The number of nitrogens with zero attached hydrogens (tertiary/aromatic N) is 2. The van der Waals surface area contributed by atoms with Crippen molar-refractivity contribution in [3.63, 3.8) is 0 Å². The minimum atomic E-state index is -4.53. The number of hydrogen-bond acceptors (Lipinski definition) is 3. The third-order valence-corrected chi connectivity index (χ3v) is 5.78. The molecule has 1 saturated heterocycles. The van der Waals surface area contributed by atoms with Crippen molar-refractivity contribution in [2.24, 2.45) is 0 Å². The van der Waals surface area contributed by atoms with E-state index in [-0.39, 0.29) is 30.0 Å². The number of likely N-dealkylation sites (N-methyl/N-ethyl adjacent to an activating group) is 1. The first-order valence-corrected chi connectivity index (χ1v) is 10.4. The number of piperazine rings is 1. The van der Waals surface area contributed by atoms with Crippen molar-refractivity contribution in [3.05, 3.63) is 94.3 Å². The molecule has 1 amide bonds. The van der Waals surface area contributed by atoms with Crippen molar-refractivity contribution >= 4 is 11.9 Å². The summed E-state index contributed by atoms with van der Waals surface area (Å²) in [5.74, 6) is -1.37. The first-order chi connectivity index (χ1) is 15.6. The number of aromatic carboxylic acids is 1. The van der Waals surface area contributed by atoms with E-state index in [1.807, 2.05) is 17.9 Å². The fourth-order valence-electron chi connectivity index (χ4n) is 4.11. The van der Waals surface area contributed by atoms with Crippen LogP contribution in [0, 0.1) is 0 Å². The third kappa shape index (κ3) is 4.94. The summed E-state index contributed by atoms with van der Waals surface area (Å²) in [4.78, 5) is 27.9. The van der Waals surface area contributed by atoms with Crippen LogP contribution < -0.4 is 0 Å². The van der Waals surface area contributed by atoms with E-state index >= 15 is 0 Å². The van der Waals surface area contributed by atoms with Gasteiger partial charge in [-0.25, -0.2) is 4.79 Å². The Morgan fingerprint density at radius 1 is 1.03 bits per heavy atom. The molecular formula is C25H25F3N2O3. The van der Waals surface area contributed by atoms with Gasteiger partial charge in [-0.05, 0) is 43.2 Å². The summed E-state index contributed by atoms with van der Waals surface area (Å²) < 4.78 is 40.7. The van der Waals surface area contributed by atoms with Crippen LogP contribution in [0.25, 0.3) is 0 Å². The van der Waals surface area contributed by atoms with E-state index in [1.54, 1.807) is 32.2 Å². The largest absolute Gasteiger partial charge is 0.478 e. The minimum Gasteiger partial charge on any atom is -0.478 e. The molecule has 1 N–H and O–H groups in total. The molecule has 33 heavy (non-hydrogen) atoms. The van der Waals surface area contributed by atoms with E-state index in [9.17, 15) is 22.8 Å². The Hall–Kier alpha value is -3.55. The molecule has 1 atom stereocenters. The van der Waals surface area contributed by atoms with E-state index in [0.717, 1.165) is 17.3 Å². The van der Waals surface area contributed by atoms with Gasteiger partial charge in [-0.3, -0.25) is 4.79 Å². The van der Waals surface area contributed by atoms with E-state index in [0.29, 0.717) is 5.70 Å². The SMILES string of the molecule is C/C=C1\C(=C/C)N(C)C(Cc2ccc(C(=O)O)cc2)C(=O)N1Cc1ccccc1C(F)(F)F. The van der Waals surface area contributed by atoms with Crippen molar-refractivity contribution < 1.29 is 27.9 Å². The van der Waals surface area contributed by atoms with E-state index in [4.69, 9.17) is 5.11 Å². The molecule has 0 aliphatic carbocycles. The van der Waals surface area contributed by atoms with E-state index in [1.165, 1.54) is 35.2 Å². The Morgan fingerprint density at radius 3 is 2.18 bits per heavy atom. The second kappa shape index (κ2) is 9.52. The predicted molar refractivity (Wildman–Crippen MR) is 118 cm³/mol. The van der Waals surface area contributed by atoms with Crippen molar-refractivity contribution in [2.45, 2.75) is 39.0 Å². The lowest BCUT2D eigenvalue weighted by molar-refractivity contribution is -0.141. The zero-order valence-corrected chi connectivity index (χ0v) is 18.6. The molecule has 0 radical (unpaired) electrons. The van der Waals surface area contributed by atoms with Gasteiger partial charge < -0.3 is 14.9 Å². The van der Waals surface area contributed by atoms with Gasteiger partial charge in [0.2, 0.25) is 5.91 Å². The summed E-state index contributed by atoms with van der Waals surface area (Å²) >= 11 is 0. The Bertz CT molecular complexity index is 1100. The number of benzene rings is 2. The zero-order chi connectivity index (χ0) is 24.3. The van der Waals surface area contributed by atoms with Crippen LogP contribution in [0.5, 0.6) is 0 Å². The zero-order valence-electron chi connectivity index (χ0n) is 18.6. The smallest absolute Gasteiger partial charge is 0.416 e. The molecule has 8 heteroatoms. The Morgan fingerprint density at radius 2 is 1.64 bits per heavy atom. The number of carboxylic acid groups (broad SMARTS) is 1. The lowest BCUT2D eigenvalue weighted by Crippen LogP contribution is -2.53. The number of hydrogen-bond donors (Lipinski definition) is 1. The van der Waals surface area contributed by atoms with Crippen LogP contribution in [0.4, 0.5) is 13.2 Å². The van der Waals surface area contributed by atoms with Crippen molar-refractivity contribution in [1.82, 2.24) is 9.80 Å². The van der Waals surface area contributed by atoms with Gasteiger partial charge in [0.1, 0.15) is 6.04 Å². The fourth-order valence-corrected chi connectivity index (χ4v) is 4.11. The molecule has 174 valence electrons. The number of carboxylic acids is 1. The van der Waals surface area contributed by atoms with Crippen LogP contribution >= 0.6 is 0 Å². The number of allylic oxidation sites excluding steroid dienone is 2. The topological polar surface area (TPSA) is 60.9 Å². The highest BCUT2D eigenvalue weighted by molar-refractivity contribution is 5.88. The van der Waals surface area contributed by atoms with Gasteiger partial charge in [-0.2, -0.15) is 13.2 Å². The second-order valence-electron chi connectivity index (χ2n) is 7.76. The molecule has 1 heterocycles. The van der Waals surface area contributed by atoms with Crippen molar-refractivity contribution in [2.75, 3.05) is 7.05 Å². The van der Waals surface area contributed by atoms with Gasteiger partial charge in [-0.15, -0.1) is 0 Å². The lowest BCUT2D eigenvalue weighted by atomic mass is 9.97. The summed E-state index contributed by atoms with van der Waals surface area (Å²) in [6.45, 7) is 3.34. The number of carbonyl (C=O) groups excluding carboxylic acids is 1. The standard InChI is InChI=1S/C25H25F3N2O3/c1-4-20-21(5-2)30(15-18-8-6-7-9-19(18)25(26,27)28)23(31)22(29(20)3)14-16-10-12-17(13-11-16)24(32)33/h4-13,22H,14-15H2,1-3H3,(H,32,33)/b20-4+,21-5+. The van der Waals surface area contributed by atoms with Gasteiger partial charge in [0.05, 0.1) is 29.1 Å². The maximum absolute atomic E-state index is 13.6. The number of alkyl halides is 3. The maximum atomic E-state index is 13.6. The Labute approximate surface area is 190 Å². The van der Waals surface area contributed by atoms with Gasteiger partial charge in [0, 0.05) is 13.5 Å². The van der Waals surface area contributed by atoms with Crippen molar-refractivity contribution in [3.8, 4) is 0 Å². The molecule has 0 saturated carbocycles. The van der Waals surface area contributed by atoms with Crippen LogP contribution in [0.1, 0.15) is 40.9 Å². The van der Waals surface area contributed by atoms with E-state index in [2.05, 4.69) is 0 Å². The Kier molecular flexibility index (Phi) is 6.95. The summed E-state index contributed by atoms with van der Waals surface area (Å²) in [6, 6.07) is 10.8. The molecule has 0 spiro atoms. The summed E-state index contributed by atoms with van der Waals surface area (Å²) in [7, 11) is 1.77. The fraction of sp³-hybridized carbons (Fsp3) is 0.280. The van der Waals surface area contributed by atoms with Gasteiger partial charge in [-0.1, -0.05) is 42.5 Å². The molecule has 1 fully saturated rings. The first-order valence-electron chi connectivity index (χ1n) is 10.4. The lowest BCUT2D eigenvalue weighted by Gasteiger charge is -2.43. The van der Waals surface area contributed by atoms with Crippen LogP contribution in [0.15, 0.2) is 72.1 Å². The molecule has 2 aromatic rings. The Balaban J connectivity index is 1.98. The highest BCUT2D eigenvalue weighted by atomic mass is 19.4. The predicted octanol–water partition coefficient (Wildman–Crippen LogP) is 5.10. The molecule has 0 bridgehead atoms. The monoisotopic (exact) mass is 458 g/mol. The quantitative estimate of drug-likeness (QED) is 0.678. The average Bonchev–Trinajstić information content (AvgIpc) is 2.78. The number of amides is 1. The number of carbonyl (C=O) groups is 2. The highest BCUT2D eigenvalue weighted by Gasteiger charge is 2.40. The third-order valence-electron chi connectivity index (χ3n) is 5.78. The van der Waals surface area contributed by atoms with Crippen LogP contribution in [0.3, 0.4) is 0 Å². The normalized spacial score (nSPS) is 19.5. The molecule has 0 aromatic heterocycles. The summed E-state index contributed by atoms with van der Waals surface area (Å²) in [5.41, 5.74) is 1.41. The molecular weight excluding hydrogens is 433 g/mol. The molecule has 1 aliphatic heterocycles. The summed E-state index contributed by atoms with van der Waals surface area (Å²) in [6.07, 6.45) is -0.708. The molecule has 1 unspecified atom stereocenters. The molecule has 3 rings (SSSR count). The molecule has 2 aromatic carbocycles. The molecule has 5 nitrogen and oxygen atoms in total. The molecule has 1 aliphatic rings. The average molecular weight is 458 g/mol. The first kappa shape index (κ1) is 24.1. The minimum absolute atomic E-state index is 0.0160. The summed E-state index contributed by atoms with van der Waals surface area (Å²) in [5, 5.41) is 9.10. The van der Waals surface area contributed by atoms with Crippen LogP contribution in [-0.4, -0.2) is 39.9 Å². The maximum Gasteiger partial charge on any atom is 0.416 e. The second-order valence-corrected chi connectivity index (χ2v) is 7.76.